The third-order valence-electron chi connectivity index (χ3n) is 2.87. The van der Waals surface area contributed by atoms with Crippen LogP contribution in [0.1, 0.15) is 11.1 Å². The van der Waals surface area contributed by atoms with Crippen LogP contribution < -0.4 is 10.5 Å². The van der Waals surface area contributed by atoms with E-state index < -0.39 is 4.92 Å². The number of nitrogens with zero attached hydrogens (tertiary/aromatic N) is 2. The summed E-state index contributed by atoms with van der Waals surface area (Å²) in [6, 6.07) is 11.0. The molecule has 0 aliphatic rings. The van der Waals surface area contributed by atoms with Crippen LogP contribution in [0.2, 0.25) is 0 Å². The van der Waals surface area contributed by atoms with Crippen molar-refractivity contribution in [1.82, 2.24) is 0 Å². The van der Waals surface area contributed by atoms with E-state index in [1.807, 2.05) is 0 Å². The van der Waals surface area contributed by atoms with Crippen LogP contribution in [-0.4, -0.2) is 16.0 Å². The van der Waals surface area contributed by atoms with Crippen molar-refractivity contribution in [3.63, 3.8) is 0 Å². The molecule has 0 radical (unpaired) electrons. The van der Waals surface area contributed by atoms with Crippen molar-refractivity contribution >= 4 is 11.5 Å². The molecule has 2 aromatic rings. The minimum atomic E-state index is -0.498. The van der Waals surface area contributed by atoms with Gasteiger partial charge in [0.25, 0.3) is 5.69 Å². The monoisotopic (exact) mass is 287 g/mol. The second kappa shape index (κ2) is 5.91. The number of nitrogens with two attached hydrogens (primary N) is 1. The number of benzene rings is 2. The highest BCUT2D eigenvalue weighted by Crippen LogP contribution is 2.30. The average molecular weight is 287 g/mol. The van der Waals surface area contributed by atoms with Gasteiger partial charge in [-0.3, -0.25) is 10.1 Å². The van der Waals surface area contributed by atoms with E-state index in [-0.39, 0.29) is 11.5 Å². The first kappa shape index (κ1) is 14.3. The van der Waals surface area contributed by atoms with Crippen LogP contribution in [0.25, 0.3) is 0 Å². The molecule has 3 N–H and O–H groups in total. The quantitative estimate of drug-likeness (QED) is 0.295. The van der Waals surface area contributed by atoms with Crippen molar-refractivity contribution in [2.75, 3.05) is 0 Å². The molecule has 0 spiro atoms. The fraction of sp³-hybridized carbons (Fsp3) is 0.0714. The number of non-ortho nitro benzene ring substituents is 1. The zero-order valence-corrected chi connectivity index (χ0v) is 11.2. The number of nitro benzene ring substituents is 1. The molecule has 0 fully saturated rings. The summed E-state index contributed by atoms with van der Waals surface area (Å²) in [4.78, 5) is 10.3. The molecule has 0 unspecified atom stereocenters. The summed E-state index contributed by atoms with van der Waals surface area (Å²) in [5, 5.41) is 22.5. The maximum absolute atomic E-state index is 10.8. The number of oxime groups is 1. The molecule has 0 bridgehead atoms. The molecule has 0 amide bonds. The van der Waals surface area contributed by atoms with Crippen LogP contribution in [0.4, 0.5) is 5.69 Å². The van der Waals surface area contributed by atoms with Crippen molar-refractivity contribution in [2.45, 2.75) is 6.92 Å². The lowest BCUT2D eigenvalue weighted by molar-refractivity contribution is -0.384. The summed E-state index contributed by atoms with van der Waals surface area (Å²) in [6.07, 6.45) is 0. The van der Waals surface area contributed by atoms with E-state index in [9.17, 15) is 10.1 Å². The van der Waals surface area contributed by atoms with Crippen LogP contribution in [0, 0.1) is 17.0 Å². The van der Waals surface area contributed by atoms with Crippen LogP contribution in [-0.2, 0) is 0 Å². The number of aryl methyl sites for hydroxylation is 1. The first-order valence-corrected chi connectivity index (χ1v) is 6.02. The Labute approximate surface area is 120 Å². The summed E-state index contributed by atoms with van der Waals surface area (Å²) in [7, 11) is 0. The number of hydrogen-bond acceptors (Lipinski definition) is 5. The van der Waals surface area contributed by atoms with Gasteiger partial charge in [0.15, 0.2) is 5.84 Å². The van der Waals surface area contributed by atoms with Crippen molar-refractivity contribution in [3.05, 3.63) is 63.7 Å². The van der Waals surface area contributed by atoms with E-state index in [1.165, 1.54) is 12.1 Å². The van der Waals surface area contributed by atoms with Crippen molar-refractivity contribution in [1.29, 1.82) is 0 Å². The Hall–Kier alpha value is -3.09. The van der Waals surface area contributed by atoms with Gasteiger partial charge in [-0.1, -0.05) is 17.3 Å². The zero-order valence-electron chi connectivity index (χ0n) is 11.2. The van der Waals surface area contributed by atoms with Gasteiger partial charge in [0, 0.05) is 6.07 Å². The van der Waals surface area contributed by atoms with Gasteiger partial charge in [0.1, 0.15) is 11.5 Å². The second-order valence-corrected chi connectivity index (χ2v) is 4.29. The summed E-state index contributed by atoms with van der Waals surface area (Å²) in [5.74, 6) is 0.576. The highest BCUT2D eigenvalue weighted by atomic mass is 16.6. The number of para-hydroxylation sites is 1. The van der Waals surface area contributed by atoms with E-state index in [0.717, 1.165) is 5.56 Å². The maximum atomic E-state index is 10.8. The van der Waals surface area contributed by atoms with E-state index in [2.05, 4.69) is 5.16 Å². The lowest BCUT2D eigenvalue weighted by Gasteiger charge is -2.11. The Morgan fingerprint density at radius 3 is 2.67 bits per heavy atom. The lowest BCUT2D eigenvalue weighted by Crippen LogP contribution is -2.14. The first-order valence-electron chi connectivity index (χ1n) is 6.02. The number of ether oxygens (including phenoxy) is 1. The Morgan fingerprint density at radius 2 is 2.00 bits per heavy atom. The molecule has 7 nitrogen and oxygen atoms in total. The van der Waals surface area contributed by atoms with Gasteiger partial charge in [-0.2, -0.15) is 0 Å². The molecule has 7 heteroatoms. The molecule has 2 aromatic carbocycles. The minimum absolute atomic E-state index is 0.0723. The van der Waals surface area contributed by atoms with Gasteiger partial charge >= 0.3 is 0 Å². The number of hydrogen-bond donors (Lipinski definition) is 2. The normalized spacial score (nSPS) is 11.2. The average Bonchev–Trinajstić information content (AvgIpc) is 2.49. The number of amidine groups is 1. The molecule has 0 heterocycles. The molecular weight excluding hydrogens is 274 g/mol. The maximum Gasteiger partial charge on any atom is 0.273 e. The summed E-state index contributed by atoms with van der Waals surface area (Å²) in [6.45, 7) is 1.77. The van der Waals surface area contributed by atoms with Gasteiger partial charge in [0.05, 0.1) is 16.6 Å². The standard InChI is InChI=1S/C14H13N3O4/c1-9-6-7-10(17(19)20)8-13(9)21-12-5-3-2-4-11(12)14(15)16-18/h2-8,18H,1H3,(H2,15,16). The second-order valence-electron chi connectivity index (χ2n) is 4.29. The van der Waals surface area contributed by atoms with E-state index >= 15 is 0 Å². The van der Waals surface area contributed by atoms with Crippen LogP contribution in [0.5, 0.6) is 11.5 Å². The fourth-order valence-corrected chi connectivity index (χ4v) is 1.75. The molecule has 2 rings (SSSR count). The predicted octanol–water partition coefficient (Wildman–Crippen LogP) is 2.79. The Kier molecular flexibility index (Phi) is 4.03. The van der Waals surface area contributed by atoms with Crippen molar-refractivity contribution in [2.24, 2.45) is 10.9 Å². The Bertz CT molecular complexity index is 713. The van der Waals surface area contributed by atoms with Crippen molar-refractivity contribution < 1.29 is 14.9 Å². The third-order valence-corrected chi connectivity index (χ3v) is 2.87. The largest absolute Gasteiger partial charge is 0.456 e. The van der Waals surface area contributed by atoms with Gasteiger partial charge in [-0.05, 0) is 30.7 Å². The van der Waals surface area contributed by atoms with Crippen LogP contribution in [0.3, 0.4) is 0 Å². The smallest absolute Gasteiger partial charge is 0.273 e. The SMILES string of the molecule is Cc1ccc([N+](=O)[O-])cc1Oc1ccccc1/C(N)=N/O. The van der Waals surface area contributed by atoms with Gasteiger partial charge < -0.3 is 15.7 Å². The van der Waals surface area contributed by atoms with E-state index in [0.29, 0.717) is 17.1 Å². The predicted molar refractivity (Wildman–Crippen MR) is 76.9 cm³/mol. The molecular formula is C14H13N3O4. The molecule has 108 valence electrons. The van der Waals surface area contributed by atoms with E-state index in [4.69, 9.17) is 15.7 Å². The summed E-state index contributed by atoms with van der Waals surface area (Å²) < 4.78 is 5.68. The first-order chi connectivity index (χ1) is 10.0. The van der Waals surface area contributed by atoms with E-state index in [1.54, 1.807) is 37.3 Å². The highest BCUT2D eigenvalue weighted by molar-refractivity contribution is 5.99. The molecule has 21 heavy (non-hydrogen) atoms. The van der Waals surface area contributed by atoms with Crippen molar-refractivity contribution in [3.8, 4) is 11.5 Å². The number of nitro groups is 1. The summed E-state index contributed by atoms with van der Waals surface area (Å²) >= 11 is 0. The Balaban J connectivity index is 2.43. The molecule has 0 aliphatic heterocycles. The number of rotatable bonds is 4. The lowest BCUT2D eigenvalue weighted by atomic mass is 10.1. The van der Waals surface area contributed by atoms with Gasteiger partial charge in [-0.25, -0.2) is 0 Å². The third kappa shape index (κ3) is 3.08. The Morgan fingerprint density at radius 1 is 1.29 bits per heavy atom. The van der Waals surface area contributed by atoms with Gasteiger partial charge in [-0.15, -0.1) is 0 Å². The fourth-order valence-electron chi connectivity index (χ4n) is 1.75. The molecule has 0 saturated heterocycles. The van der Waals surface area contributed by atoms with Crippen LogP contribution in [0.15, 0.2) is 47.6 Å². The molecule has 0 atom stereocenters. The molecule has 0 aliphatic carbocycles. The topological polar surface area (TPSA) is 111 Å². The molecule has 0 saturated carbocycles. The summed E-state index contributed by atoms with van der Waals surface area (Å²) in [5.41, 5.74) is 6.63. The van der Waals surface area contributed by atoms with Crippen LogP contribution >= 0.6 is 0 Å². The minimum Gasteiger partial charge on any atom is -0.456 e. The molecule has 0 aromatic heterocycles. The zero-order chi connectivity index (χ0) is 15.4. The highest BCUT2D eigenvalue weighted by Gasteiger charge is 2.13. The van der Waals surface area contributed by atoms with Gasteiger partial charge in [0.2, 0.25) is 0 Å².